The minimum absolute atomic E-state index is 0.0111. The number of nitrogens with one attached hydrogen (secondary N) is 1. The van der Waals surface area contributed by atoms with E-state index in [1.165, 1.54) is 6.08 Å². The molecular weight excluding hydrogens is 500 g/mol. The quantitative estimate of drug-likeness (QED) is 0.463. The maximum absolute atomic E-state index is 11.7. The SMILES string of the molecule is C=CCOC(=O)NCc1ccc([C@H]2O[C@@H](CN3CCC4(CC3)OCCO4)C[C@@H](c3ccc(CO)cc3)O2)cc1. The topological polar surface area (TPSA) is 98.7 Å². The van der Waals surface area contributed by atoms with Crippen LogP contribution in [0, 0.1) is 0 Å². The zero-order valence-corrected chi connectivity index (χ0v) is 22.3. The van der Waals surface area contributed by atoms with Crippen LogP contribution in [0.3, 0.4) is 0 Å². The highest BCUT2D eigenvalue weighted by atomic mass is 16.7. The Morgan fingerprint density at radius 3 is 2.36 bits per heavy atom. The van der Waals surface area contributed by atoms with Crippen LogP contribution in [0.2, 0.25) is 0 Å². The predicted octanol–water partition coefficient (Wildman–Crippen LogP) is 3.98. The van der Waals surface area contributed by atoms with Crippen molar-refractivity contribution >= 4 is 6.09 Å². The number of carbonyl (C=O) groups is 1. The van der Waals surface area contributed by atoms with Gasteiger partial charge in [0.15, 0.2) is 12.1 Å². The van der Waals surface area contributed by atoms with E-state index in [0.717, 1.165) is 61.2 Å². The first-order valence-corrected chi connectivity index (χ1v) is 13.7. The molecule has 39 heavy (non-hydrogen) atoms. The lowest BCUT2D eigenvalue weighted by molar-refractivity contribution is -0.255. The van der Waals surface area contributed by atoms with Gasteiger partial charge in [-0.15, -0.1) is 0 Å². The van der Waals surface area contributed by atoms with Crippen molar-refractivity contribution < 1.29 is 33.6 Å². The first kappa shape index (κ1) is 27.8. The third kappa shape index (κ3) is 7.25. The summed E-state index contributed by atoms with van der Waals surface area (Å²) in [5.74, 6) is -0.397. The van der Waals surface area contributed by atoms with Crippen molar-refractivity contribution in [1.82, 2.24) is 10.2 Å². The zero-order valence-electron chi connectivity index (χ0n) is 22.3. The molecule has 0 unspecified atom stereocenters. The zero-order chi connectivity index (χ0) is 27.1. The Bertz CT molecular complexity index is 1080. The van der Waals surface area contributed by atoms with E-state index in [0.29, 0.717) is 19.8 Å². The molecule has 0 aliphatic carbocycles. The molecule has 5 rings (SSSR count). The Kier molecular flexibility index (Phi) is 9.28. The lowest BCUT2D eigenvalue weighted by atomic mass is 9.98. The minimum atomic E-state index is -0.525. The largest absolute Gasteiger partial charge is 0.445 e. The molecule has 2 aromatic rings. The molecule has 3 atom stereocenters. The Morgan fingerprint density at radius 1 is 1.03 bits per heavy atom. The summed E-state index contributed by atoms with van der Waals surface area (Å²) in [6.07, 6.45) is 2.82. The normalized spacial score (nSPS) is 24.9. The van der Waals surface area contributed by atoms with Gasteiger partial charge in [-0.25, -0.2) is 4.79 Å². The molecule has 1 spiro atoms. The van der Waals surface area contributed by atoms with Gasteiger partial charge in [0.05, 0.1) is 32.0 Å². The van der Waals surface area contributed by atoms with Crippen LogP contribution in [0.1, 0.15) is 53.9 Å². The van der Waals surface area contributed by atoms with Crippen molar-refractivity contribution in [1.29, 1.82) is 0 Å². The number of alkyl carbamates (subject to hydrolysis) is 1. The molecule has 3 aliphatic heterocycles. The number of piperidine rings is 1. The number of hydrogen-bond donors (Lipinski definition) is 2. The van der Waals surface area contributed by atoms with Gasteiger partial charge in [-0.05, 0) is 16.7 Å². The van der Waals surface area contributed by atoms with Gasteiger partial charge in [-0.1, -0.05) is 61.2 Å². The first-order valence-electron chi connectivity index (χ1n) is 13.7. The fraction of sp³-hybridized carbons (Fsp3) is 0.500. The van der Waals surface area contributed by atoms with E-state index < -0.39 is 18.2 Å². The predicted molar refractivity (Wildman–Crippen MR) is 144 cm³/mol. The number of amides is 1. The van der Waals surface area contributed by atoms with Gasteiger partial charge in [-0.2, -0.15) is 0 Å². The summed E-state index contributed by atoms with van der Waals surface area (Å²) in [4.78, 5) is 14.1. The van der Waals surface area contributed by atoms with E-state index in [2.05, 4.69) is 16.8 Å². The van der Waals surface area contributed by atoms with Gasteiger partial charge in [0.1, 0.15) is 6.61 Å². The fourth-order valence-electron chi connectivity index (χ4n) is 5.34. The van der Waals surface area contributed by atoms with Gasteiger partial charge in [0.2, 0.25) is 0 Å². The molecule has 3 heterocycles. The molecule has 9 nitrogen and oxygen atoms in total. The third-order valence-corrected chi connectivity index (χ3v) is 7.53. The lowest BCUT2D eigenvalue weighted by Gasteiger charge is -2.41. The minimum Gasteiger partial charge on any atom is -0.445 e. The number of carbonyl (C=O) groups excluding carboxylic acids is 1. The first-order chi connectivity index (χ1) is 19.1. The maximum atomic E-state index is 11.7. The summed E-state index contributed by atoms with van der Waals surface area (Å²) < 4.78 is 29.7. The second kappa shape index (κ2) is 13.0. The molecule has 210 valence electrons. The van der Waals surface area contributed by atoms with Gasteiger partial charge >= 0.3 is 6.09 Å². The molecule has 3 saturated heterocycles. The molecule has 0 radical (unpaired) electrons. The Morgan fingerprint density at radius 2 is 1.69 bits per heavy atom. The van der Waals surface area contributed by atoms with Crippen LogP contribution in [0.5, 0.6) is 0 Å². The smallest absolute Gasteiger partial charge is 0.407 e. The van der Waals surface area contributed by atoms with Crippen LogP contribution in [-0.4, -0.2) is 67.4 Å². The Labute approximate surface area is 229 Å². The van der Waals surface area contributed by atoms with E-state index in [-0.39, 0.29) is 25.4 Å². The third-order valence-electron chi connectivity index (χ3n) is 7.53. The van der Waals surface area contributed by atoms with E-state index in [9.17, 15) is 9.90 Å². The molecule has 1 amide bonds. The highest BCUT2D eigenvalue weighted by Gasteiger charge is 2.41. The molecule has 0 aromatic heterocycles. The number of rotatable bonds is 9. The van der Waals surface area contributed by atoms with Gasteiger partial charge in [0.25, 0.3) is 0 Å². The number of likely N-dealkylation sites (tertiary alicyclic amines) is 1. The molecule has 0 saturated carbocycles. The van der Waals surface area contributed by atoms with Crippen LogP contribution in [0.15, 0.2) is 61.2 Å². The standard InChI is InChI=1S/C30H38N2O7/c1-2-15-35-29(34)31-19-22-3-9-25(10-4-22)28-38-26(18-27(39-28)24-7-5-23(21-33)6-8-24)20-32-13-11-30(12-14-32)36-16-17-37-30/h2-10,26-28,33H,1,11-21H2,(H,31,34)/t26-,27+,28+/m1/s1. The molecule has 0 bridgehead atoms. The van der Waals surface area contributed by atoms with Crippen molar-refractivity contribution in [3.05, 3.63) is 83.4 Å². The van der Waals surface area contributed by atoms with Crippen LogP contribution in [0.25, 0.3) is 0 Å². The summed E-state index contributed by atoms with van der Waals surface area (Å²) in [6.45, 7) is 8.03. The molecular formula is C30H38N2O7. The number of aliphatic hydroxyl groups excluding tert-OH is 1. The van der Waals surface area contributed by atoms with Gasteiger partial charge in [0, 0.05) is 51.0 Å². The molecule has 3 aliphatic rings. The molecule has 9 heteroatoms. The second-order valence-electron chi connectivity index (χ2n) is 10.2. The number of aliphatic hydroxyl groups is 1. The van der Waals surface area contributed by atoms with Crippen molar-refractivity contribution in [3.63, 3.8) is 0 Å². The number of hydrogen-bond acceptors (Lipinski definition) is 8. The molecule has 2 N–H and O–H groups in total. The van der Waals surface area contributed by atoms with Crippen molar-refractivity contribution in [2.75, 3.05) is 39.5 Å². The van der Waals surface area contributed by atoms with Crippen LogP contribution < -0.4 is 5.32 Å². The number of benzene rings is 2. The summed E-state index contributed by atoms with van der Waals surface area (Å²) in [5.41, 5.74) is 3.79. The number of ether oxygens (including phenoxy) is 5. The van der Waals surface area contributed by atoms with E-state index in [1.807, 2.05) is 48.5 Å². The summed E-state index contributed by atoms with van der Waals surface area (Å²) in [6, 6.07) is 15.8. The Hall–Kier alpha value is -2.79. The fourth-order valence-corrected chi connectivity index (χ4v) is 5.34. The highest BCUT2D eigenvalue weighted by molar-refractivity contribution is 5.67. The Balaban J connectivity index is 1.24. The van der Waals surface area contributed by atoms with E-state index in [1.54, 1.807) is 0 Å². The molecule has 3 fully saturated rings. The van der Waals surface area contributed by atoms with Gasteiger partial charge in [-0.3, -0.25) is 0 Å². The average Bonchev–Trinajstić information content (AvgIpc) is 3.44. The second-order valence-corrected chi connectivity index (χ2v) is 10.2. The number of nitrogens with zero attached hydrogens (tertiary/aromatic N) is 1. The van der Waals surface area contributed by atoms with E-state index in [4.69, 9.17) is 23.7 Å². The summed E-state index contributed by atoms with van der Waals surface area (Å²) >= 11 is 0. The van der Waals surface area contributed by atoms with Crippen molar-refractivity contribution in [2.45, 2.75) is 56.7 Å². The average molecular weight is 539 g/mol. The summed E-state index contributed by atoms with van der Waals surface area (Å²) in [7, 11) is 0. The van der Waals surface area contributed by atoms with Crippen molar-refractivity contribution in [2.24, 2.45) is 0 Å². The highest BCUT2D eigenvalue weighted by Crippen LogP contribution is 2.39. The van der Waals surface area contributed by atoms with Gasteiger partial charge < -0.3 is 39.0 Å². The van der Waals surface area contributed by atoms with E-state index >= 15 is 0 Å². The van der Waals surface area contributed by atoms with Crippen LogP contribution >= 0.6 is 0 Å². The molecule has 2 aromatic carbocycles. The maximum Gasteiger partial charge on any atom is 0.407 e. The summed E-state index contributed by atoms with van der Waals surface area (Å²) in [5, 5.41) is 12.2. The van der Waals surface area contributed by atoms with Crippen LogP contribution in [0.4, 0.5) is 4.79 Å². The van der Waals surface area contributed by atoms with Crippen molar-refractivity contribution in [3.8, 4) is 0 Å². The monoisotopic (exact) mass is 538 g/mol. The van der Waals surface area contributed by atoms with Crippen LogP contribution in [-0.2, 0) is 36.8 Å². The lowest BCUT2D eigenvalue weighted by Crippen LogP contribution is -2.48.